The van der Waals surface area contributed by atoms with Gasteiger partial charge in [-0.2, -0.15) is 0 Å². The normalized spacial score (nSPS) is 20.3. The second kappa shape index (κ2) is 11.4. The van der Waals surface area contributed by atoms with Gasteiger partial charge in [0.25, 0.3) is 0 Å². The molecule has 1 aliphatic rings. The van der Waals surface area contributed by atoms with Crippen molar-refractivity contribution in [1.82, 2.24) is 15.5 Å². The number of rotatable bonds is 5. The molecule has 0 radical (unpaired) electrons. The number of hydrogen-bond acceptors (Lipinski definition) is 2. The summed E-state index contributed by atoms with van der Waals surface area (Å²) in [4.78, 5) is 6.99. The third kappa shape index (κ3) is 6.78. The van der Waals surface area contributed by atoms with E-state index in [1.165, 1.54) is 16.7 Å². The first-order chi connectivity index (χ1) is 13.1. The number of halogens is 1. The fraction of sp³-hybridized carbons (Fsp3) is 0.435. The molecule has 0 aromatic heterocycles. The van der Waals surface area contributed by atoms with Crippen LogP contribution in [0.1, 0.15) is 36.5 Å². The van der Waals surface area contributed by atoms with Gasteiger partial charge in [0.2, 0.25) is 0 Å². The van der Waals surface area contributed by atoms with Crippen molar-refractivity contribution in [2.75, 3.05) is 13.6 Å². The minimum Gasteiger partial charge on any atom is -0.354 e. The summed E-state index contributed by atoms with van der Waals surface area (Å²) in [6.07, 6.45) is 2.28. The lowest BCUT2D eigenvalue weighted by molar-refractivity contribution is 0.134. The Hall–Kier alpha value is -1.60. The Bertz CT molecular complexity index is 730. The molecule has 2 unspecified atom stereocenters. The molecule has 1 saturated heterocycles. The van der Waals surface area contributed by atoms with E-state index in [-0.39, 0.29) is 24.0 Å². The lowest BCUT2D eigenvalue weighted by Crippen LogP contribution is -2.51. The lowest BCUT2D eigenvalue weighted by atomic mass is 9.97. The minimum absolute atomic E-state index is 0. The van der Waals surface area contributed by atoms with Crippen LogP contribution in [0.25, 0.3) is 0 Å². The Kier molecular flexibility index (Phi) is 9.25. The fourth-order valence-electron chi connectivity index (χ4n) is 3.68. The van der Waals surface area contributed by atoms with Crippen LogP contribution in [-0.2, 0) is 13.1 Å². The van der Waals surface area contributed by atoms with E-state index in [1.807, 2.05) is 7.05 Å². The van der Waals surface area contributed by atoms with E-state index >= 15 is 0 Å². The van der Waals surface area contributed by atoms with Gasteiger partial charge in [-0.1, -0.05) is 60.2 Å². The molecular weight excluding hydrogens is 459 g/mol. The van der Waals surface area contributed by atoms with Crippen molar-refractivity contribution >= 4 is 29.9 Å². The van der Waals surface area contributed by atoms with Gasteiger partial charge in [-0.15, -0.1) is 24.0 Å². The second-order valence-corrected chi connectivity index (χ2v) is 7.58. The quantitative estimate of drug-likeness (QED) is 0.371. The van der Waals surface area contributed by atoms with Crippen LogP contribution in [-0.4, -0.2) is 36.5 Å². The van der Waals surface area contributed by atoms with E-state index in [9.17, 15) is 0 Å². The van der Waals surface area contributed by atoms with E-state index in [0.717, 1.165) is 38.4 Å². The Morgan fingerprint density at radius 3 is 2.43 bits per heavy atom. The van der Waals surface area contributed by atoms with Crippen molar-refractivity contribution in [2.45, 2.75) is 51.9 Å². The fourth-order valence-corrected chi connectivity index (χ4v) is 3.68. The summed E-state index contributed by atoms with van der Waals surface area (Å²) in [7, 11) is 1.85. The van der Waals surface area contributed by atoms with Gasteiger partial charge < -0.3 is 10.6 Å². The smallest absolute Gasteiger partial charge is 0.191 e. The molecule has 1 heterocycles. The average Bonchev–Trinajstić information content (AvgIpc) is 2.69. The van der Waals surface area contributed by atoms with Gasteiger partial charge in [-0.25, -0.2) is 0 Å². The van der Waals surface area contributed by atoms with Gasteiger partial charge >= 0.3 is 0 Å². The van der Waals surface area contributed by atoms with Crippen LogP contribution in [0.4, 0.5) is 0 Å². The standard InChI is InChI=1S/C23H32N4.HI/c1-18-9-11-20(12-10-18)16-25-23(24-3)26-22-13-14-27(19(2)15-22)17-21-7-5-4-6-8-21;/h4-12,19,22H,13-17H2,1-3H3,(H2,24,25,26);1H. The van der Waals surface area contributed by atoms with Crippen LogP contribution in [0.5, 0.6) is 0 Å². The third-order valence-corrected chi connectivity index (χ3v) is 5.39. The summed E-state index contributed by atoms with van der Waals surface area (Å²) < 4.78 is 0. The van der Waals surface area contributed by atoms with Gasteiger partial charge in [0, 0.05) is 38.8 Å². The molecule has 2 aromatic rings. The van der Waals surface area contributed by atoms with Crippen molar-refractivity contribution in [3.05, 3.63) is 71.3 Å². The van der Waals surface area contributed by atoms with E-state index in [0.29, 0.717) is 12.1 Å². The largest absolute Gasteiger partial charge is 0.354 e. The Labute approximate surface area is 186 Å². The van der Waals surface area contributed by atoms with Crippen LogP contribution >= 0.6 is 24.0 Å². The number of hydrogen-bond donors (Lipinski definition) is 2. The highest BCUT2D eigenvalue weighted by molar-refractivity contribution is 14.0. The summed E-state index contributed by atoms with van der Waals surface area (Å²) in [5.74, 6) is 0.893. The predicted molar refractivity (Wildman–Crippen MR) is 129 cm³/mol. The SMILES string of the molecule is CN=C(NCc1ccc(C)cc1)NC1CCN(Cc2ccccc2)C(C)C1.I. The summed E-state index contributed by atoms with van der Waals surface area (Å²) in [5.41, 5.74) is 3.96. The molecule has 152 valence electrons. The highest BCUT2D eigenvalue weighted by atomic mass is 127. The molecule has 3 rings (SSSR count). The summed E-state index contributed by atoms with van der Waals surface area (Å²) >= 11 is 0. The topological polar surface area (TPSA) is 39.7 Å². The van der Waals surface area contributed by atoms with Crippen molar-refractivity contribution in [2.24, 2.45) is 4.99 Å². The lowest BCUT2D eigenvalue weighted by Gasteiger charge is -2.38. The summed E-state index contributed by atoms with van der Waals surface area (Å²) in [6, 6.07) is 20.4. The van der Waals surface area contributed by atoms with Crippen molar-refractivity contribution in [1.29, 1.82) is 0 Å². The van der Waals surface area contributed by atoms with Gasteiger partial charge in [0.1, 0.15) is 0 Å². The Morgan fingerprint density at radius 1 is 1.07 bits per heavy atom. The average molecular weight is 492 g/mol. The van der Waals surface area contributed by atoms with Crippen LogP contribution in [0.3, 0.4) is 0 Å². The van der Waals surface area contributed by atoms with Crippen molar-refractivity contribution in [3.8, 4) is 0 Å². The number of piperidine rings is 1. The summed E-state index contributed by atoms with van der Waals surface area (Å²) in [5, 5.41) is 7.06. The summed E-state index contributed by atoms with van der Waals surface area (Å²) in [6.45, 7) is 7.39. The van der Waals surface area contributed by atoms with E-state index in [2.05, 4.69) is 89.0 Å². The number of aliphatic imine (C=N–C) groups is 1. The molecule has 0 spiro atoms. The molecule has 1 fully saturated rings. The van der Waals surface area contributed by atoms with Crippen LogP contribution < -0.4 is 10.6 Å². The molecule has 28 heavy (non-hydrogen) atoms. The maximum absolute atomic E-state index is 4.41. The zero-order valence-corrected chi connectivity index (χ0v) is 19.5. The molecule has 2 N–H and O–H groups in total. The zero-order chi connectivity index (χ0) is 19.1. The van der Waals surface area contributed by atoms with Crippen LogP contribution in [0.15, 0.2) is 59.6 Å². The molecule has 0 aliphatic carbocycles. The van der Waals surface area contributed by atoms with Crippen LogP contribution in [0, 0.1) is 6.92 Å². The number of likely N-dealkylation sites (tertiary alicyclic amines) is 1. The first-order valence-corrected chi connectivity index (χ1v) is 9.94. The maximum Gasteiger partial charge on any atom is 0.191 e. The first kappa shape index (κ1) is 22.7. The van der Waals surface area contributed by atoms with Crippen LogP contribution in [0.2, 0.25) is 0 Å². The highest BCUT2D eigenvalue weighted by Crippen LogP contribution is 2.20. The zero-order valence-electron chi connectivity index (χ0n) is 17.2. The van der Waals surface area contributed by atoms with E-state index in [1.54, 1.807) is 0 Å². The van der Waals surface area contributed by atoms with Crippen molar-refractivity contribution in [3.63, 3.8) is 0 Å². The van der Waals surface area contributed by atoms with E-state index in [4.69, 9.17) is 0 Å². The number of nitrogens with zero attached hydrogens (tertiary/aromatic N) is 2. The molecule has 1 aliphatic heterocycles. The first-order valence-electron chi connectivity index (χ1n) is 9.94. The molecule has 0 amide bonds. The molecule has 0 saturated carbocycles. The van der Waals surface area contributed by atoms with Crippen molar-refractivity contribution < 1.29 is 0 Å². The van der Waals surface area contributed by atoms with Gasteiger partial charge in [0.15, 0.2) is 5.96 Å². The molecule has 4 nitrogen and oxygen atoms in total. The predicted octanol–water partition coefficient (Wildman–Crippen LogP) is 4.33. The minimum atomic E-state index is 0. The van der Waals surface area contributed by atoms with E-state index < -0.39 is 0 Å². The van der Waals surface area contributed by atoms with Gasteiger partial charge in [0.05, 0.1) is 0 Å². The second-order valence-electron chi connectivity index (χ2n) is 7.58. The number of benzene rings is 2. The monoisotopic (exact) mass is 492 g/mol. The highest BCUT2D eigenvalue weighted by Gasteiger charge is 2.25. The number of aryl methyl sites for hydroxylation is 1. The number of guanidine groups is 1. The molecule has 0 bridgehead atoms. The molecule has 2 aromatic carbocycles. The Morgan fingerprint density at radius 2 is 1.79 bits per heavy atom. The maximum atomic E-state index is 4.41. The Balaban J connectivity index is 0.00000280. The van der Waals surface area contributed by atoms with Gasteiger partial charge in [-0.3, -0.25) is 9.89 Å². The van der Waals surface area contributed by atoms with Gasteiger partial charge in [-0.05, 0) is 37.8 Å². The molecular formula is C23H33IN4. The number of nitrogens with one attached hydrogen (secondary N) is 2. The molecule has 5 heteroatoms. The molecule has 2 atom stereocenters. The third-order valence-electron chi connectivity index (χ3n) is 5.39.